The van der Waals surface area contributed by atoms with Gasteiger partial charge in [-0.3, -0.25) is 0 Å². The first-order valence-corrected chi connectivity index (χ1v) is 10.2. The predicted octanol–water partition coefficient (Wildman–Crippen LogP) is 0.976. The summed E-state index contributed by atoms with van der Waals surface area (Å²) in [6.45, 7) is 3.90. The molecule has 32 heavy (non-hydrogen) atoms. The topological polar surface area (TPSA) is 84.4 Å². The van der Waals surface area contributed by atoms with Gasteiger partial charge in [-0.1, -0.05) is 11.6 Å². The minimum atomic E-state index is -1.40. The van der Waals surface area contributed by atoms with E-state index < -0.39 is 17.4 Å². The van der Waals surface area contributed by atoms with Gasteiger partial charge >= 0.3 is 29.6 Å². The number of nitrogens with zero attached hydrogens (tertiary/aromatic N) is 2. The molecule has 160 valence electrons. The Kier molecular flexibility index (Phi) is 7.45. The van der Waals surface area contributed by atoms with E-state index in [1.165, 1.54) is 18.2 Å². The van der Waals surface area contributed by atoms with Gasteiger partial charge < -0.3 is 19.4 Å². The van der Waals surface area contributed by atoms with Crippen molar-refractivity contribution in [1.29, 1.82) is 0 Å². The van der Waals surface area contributed by atoms with Crippen LogP contribution in [0.4, 0.5) is 4.39 Å². The fraction of sp³-hybridized carbons (Fsp3) is 0.261. The van der Waals surface area contributed by atoms with Crippen LogP contribution >= 0.6 is 11.6 Å². The van der Waals surface area contributed by atoms with E-state index in [0.717, 1.165) is 0 Å². The summed E-state index contributed by atoms with van der Waals surface area (Å²) in [6, 6.07) is 11.0. The van der Waals surface area contributed by atoms with Crippen LogP contribution in [0.2, 0.25) is 5.02 Å². The maximum atomic E-state index is 14.1. The molecule has 0 bridgehead atoms. The number of benzene rings is 2. The standard InChI is InChI=1S/C23H20ClFN2O4.Na/c1-3-30-18-9-8-16(25)12-17(18)19-13(2)21(31-23(10-11-23)22(28)29)27-20(26-19)14-4-6-15(24)7-5-14;/h4-9,12H,3,10-11H2,1-2H3,(H,28,29);/q;+1/p-1. The largest absolute Gasteiger partial charge is 1.00 e. The molecule has 2 aromatic carbocycles. The Hall–Kier alpha value is -2.19. The summed E-state index contributed by atoms with van der Waals surface area (Å²) < 4.78 is 25.6. The molecule has 1 aromatic heterocycles. The van der Waals surface area contributed by atoms with Crippen molar-refractivity contribution >= 4 is 17.6 Å². The summed E-state index contributed by atoms with van der Waals surface area (Å²) in [4.78, 5) is 20.7. The molecule has 0 atom stereocenters. The van der Waals surface area contributed by atoms with E-state index in [-0.39, 0.29) is 41.3 Å². The van der Waals surface area contributed by atoms with Crippen molar-refractivity contribution in [3.63, 3.8) is 0 Å². The molecule has 0 unspecified atom stereocenters. The molecule has 0 radical (unpaired) electrons. The van der Waals surface area contributed by atoms with Crippen LogP contribution in [0.3, 0.4) is 0 Å². The third-order valence-electron chi connectivity index (χ3n) is 5.07. The number of aromatic nitrogens is 2. The number of carboxylic acid groups (broad SMARTS) is 1. The Morgan fingerprint density at radius 3 is 2.47 bits per heavy atom. The zero-order chi connectivity index (χ0) is 22.2. The van der Waals surface area contributed by atoms with E-state index in [2.05, 4.69) is 9.97 Å². The molecule has 1 aliphatic rings. The van der Waals surface area contributed by atoms with Gasteiger partial charge in [0.25, 0.3) is 0 Å². The SMILES string of the molecule is CCOc1ccc(F)cc1-c1nc(-c2ccc(Cl)cc2)nc(OC2(C(=O)[O-])CC2)c1C.[Na+]. The number of carboxylic acids is 1. The van der Waals surface area contributed by atoms with Gasteiger partial charge in [-0.2, -0.15) is 4.98 Å². The van der Waals surface area contributed by atoms with E-state index >= 15 is 0 Å². The predicted molar refractivity (Wildman–Crippen MR) is 111 cm³/mol. The molecule has 4 rings (SSSR count). The minimum absolute atomic E-state index is 0. The quantitative estimate of drug-likeness (QED) is 0.485. The molecule has 0 spiro atoms. The summed E-state index contributed by atoms with van der Waals surface area (Å²) >= 11 is 5.99. The molecule has 0 saturated heterocycles. The number of hydrogen-bond donors (Lipinski definition) is 0. The second-order valence-corrected chi connectivity index (χ2v) is 7.73. The smallest absolute Gasteiger partial charge is 0.546 e. The average molecular weight is 465 g/mol. The second kappa shape index (κ2) is 9.75. The maximum Gasteiger partial charge on any atom is 1.00 e. The van der Waals surface area contributed by atoms with Gasteiger partial charge in [0.15, 0.2) is 11.4 Å². The van der Waals surface area contributed by atoms with Gasteiger partial charge in [-0.25, -0.2) is 9.37 Å². The van der Waals surface area contributed by atoms with Gasteiger partial charge in [-0.15, -0.1) is 0 Å². The van der Waals surface area contributed by atoms with Crippen LogP contribution in [0.1, 0.15) is 25.3 Å². The zero-order valence-corrected chi connectivity index (χ0v) is 20.7. The van der Waals surface area contributed by atoms with Crippen LogP contribution in [0.25, 0.3) is 22.6 Å². The average Bonchev–Trinajstić information content (AvgIpc) is 3.53. The summed E-state index contributed by atoms with van der Waals surface area (Å²) in [7, 11) is 0. The number of hydrogen-bond acceptors (Lipinski definition) is 6. The number of carbonyl (C=O) groups is 1. The molecule has 1 saturated carbocycles. The Labute approximate surface area is 212 Å². The summed E-state index contributed by atoms with van der Waals surface area (Å²) in [6.07, 6.45) is 0.656. The summed E-state index contributed by atoms with van der Waals surface area (Å²) in [5.74, 6) is -0.919. The van der Waals surface area contributed by atoms with E-state index in [0.29, 0.717) is 52.6 Å². The van der Waals surface area contributed by atoms with Crippen molar-refractivity contribution in [2.45, 2.75) is 32.3 Å². The molecule has 1 fully saturated rings. The third kappa shape index (κ3) is 4.91. The normalized spacial score (nSPS) is 13.8. The monoisotopic (exact) mass is 464 g/mol. The Balaban J connectivity index is 0.00000289. The summed E-state index contributed by atoms with van der Waals surface area (Å²) in [5.41, 5.74) is 0.505. The molecule has 6 nitrogen and oxygen atoms in total. The fourth-order valence-electron chi connectivity index (χ4n) is 3.20. The minimum Gasteiger partial charge on any atom is -0.546 e. The first kappa shape index (κ1) is 24.5. The number of ether oxygens (including phenoxy) is 2. The number of aliphatic carboxylic acids is 1. The van der Waals surface area contributed by atoms with Crippen molar-refractivity contribution < 1.29 is 53.3 Å². The molecule has 0 N–H and O–H groups in total. The first-order valence-electron chi connectivity index (χ1n) is 9.81. The van der Waals surface area contributed by atoms with Gasteiger partial charge in [-0.05, 0) is 69.2 Å². The third-order valence-corrected chi connectivity index (χ3v) is 5.32. The maximum absolute atomic E-state index is 14.1. The van der Waals surface area contributed by atoms with E-state index in [4.69, 9.17) is 21.1 Å². The molecule has 1 heterocycles. The Morgan fingerprint density at radius 1 is 1.19 bits per heavy atom. The van der Waals surface area contributed by atoms with E-state index in [1.807, 2.05) is 6.92 Å². The van der Waals surface area contributed by atoms with Crippen LogP contribution < -0.4 is 44.1 Å². The fourth-order valence-corrected chi connectivity index (χ4v) is 3.33. The van der Waals surface area contributed by atoms with Crippen LogP contribution in [0.15, 0.2) is 42.5 Å². The van der Waals surface area contributed by atoms with Crippen LogP contribution in [-0.4, -0.2) is 28.1 Å². The molecule has 9 heteroatoms. The Bertz CT molecular complexity index is 1150. The molecule has 0 aliphatic heterocycles. The van der Waals surface area contributed by atoms with Crippen molar-refractivity contribution in [3.05, 3.63) is 58.9 Å². The van der Waals surface area contributed by atoms with Crippen LogP contribution in [0.5, 0.6) is 11.6 Å². The van der Waals surface area contributed by atoms with E-state index in [9.17, 15) is 14.3 Å². The van der Waals surface area contributed by atoms with Crippen molar-refractivity contribution in [1.82, 2.24) is 9.97 Å². The number of carbonyl (C=O) groups excluding carboxylic acids is 1. The first-order chi connectivity index (χ1) is 14.8. The van der Waals surface area contributed by atoms with Crippen molar-refractivity contribution in [2.24, 2.45) is 0 Å². The Morgan fingerprint density at radius 2 is 1.88 bits per heavy atom. The second-order valence-electron chi connectivity index (χ2n) is 7.29. The molecular formula is C23H19ClFN2NaO4. The van der Waals surface area contributed by atoms with Crippen molar-refractivity contribution in [3.8, 4) is 34.3 Å². The molecular weight excluding hydrogens is 446 g/mol. The van der Waals surface area contributed by atoms with Crippen LogP contribution in [0, 0.1) is 12.7 Å². The number of halogens is 2. The zero-order valence-electron chi connectivity index (χ0n) is 17.9. The van der Waals surface area contributed by atoms with Gasteiger partial charge in [0, 0.05) is 21.7 Å². The summed E-state index contributed by atoms with van der Waals surface area (Å²) in [5, 5.41) is 12.1. The van der Waals surface area contributed by atoms with Crippen LogP contribution in [-0.2, 0) is 4.79 Å². The van der Waals surface area contributed by atoms with Gasteiger partial charge in [0.05, 0.1) is 18.3 Å². The molecule has 0 amide bonds. The molecule has 1 aliphatic carbocycles. The van der Waals surface area contributed by atoms with E-state index in [1.54, 1.807) is 31.2 Å². The number of rotatable bonds is 7. The van der Waals surface area contributed by atoms with Gasteiger partial charge in [0.1, 0.15) is 11.6 Å². The molecule has 3 aromatic rings. The van der Waals surface area contributed by atoms with Crippen molar-refractivity contribution in [2.75, 3.05) is 6.61 Å². The van der Waals surface area contributed by atoms with Gasteiger partial charge in [0.2, 0.25) is 5.88 Å².